The highest BCUT2D eigenvalue weighted by atomic mass is 32.1. The Balaban J connectivity index is 1.39. The number of aromatic nitrogens is 2. The van der Waals surface area contributed by atoms with Crippen molar-refractivity contribution in [1.29, 1.82) is 0 Å². The number of amides is 2. The summed E-state index contributed by atoms with van der Waals surface area (Å²) >= 11 is 1.21. The fraction of sp³-hybridized carbons (Fsp3) is 0.261. The second kappa shape index (κ2) is 10.0. The number of aliphatic imine (C=N–C) groups is 1. The van der Waals surface area contributed by atoms with Gasteiger partial charge in [-0.15, -0.1) is 16.2 Å². The van der Waals surface area contributed by atoms with Gasteiger partial charge in [-0.3, -0.25) is 14.6 Å². The van der Waals surface area contributed by atoms with E-state index < -0.39 is 5.91 Å². The lowest BCUT2D eigenvalue weighted by Crippen LogP contribution is -2.49. The van der Waals surface area contributed by atoms with E-state index in [1.165, 1.54) is 11.3 Å². The Bertz CT molecular complexity index is 1480. The summed E-state index contributed by atoms with van der Waals surface area (Å²) in [6, 6.07) is 6.92. The molecule has 2 amide bonds. The molecule has 5 rings (SSSR count). The van der Waals surface area contributed by atoms with Crippen LogP contribution in [-0.2, 0) is 0 Å². The number of para-hydroxylation sites is 1. The lowest BCUT2D eigenvalue weighted by Gasteiger charge is -2.36. The molecule has 2 aliphatic heterocycles. The molecule has 4 heterocycles. The predicted molar refractivity (Wildman–Crippen MR) is 137 cm³/mol. The third-order valence-electron chi connectivity index (χ3n) is 5.98. The van der Waals surface area contributed by atoms with Crippen molar-refractivity contribution < 1.29 is 9.59 Å². The van der Waals surface area contributed by atoms with E-state index in [-0.39, 0.29) is 17.5 Å². The maximum absolute atomic E-state index is 13.5. The first kappa shape index (κ1) is 23.3. The number of thiophene rings is 1. The van der Waals surface area contributed by atoms with Crippen molar-refractivity contribution in [3.05, 3.63) is 68.0 Å². The van der Waals surface area contributed by atoms with Crippen LogP contribution in [0, 0.1) is 4.91 Å². The highest BCUT2D eigenvalue weighted by molar-refractivity contribution is 7.18. The van der Waals surface area contributed by atoms with Crippen molar-refractivity contribution in [3.8, 4) is 0 Å². The summed E-state index contributed by atoms with van der Waals surface area (Å²) in [6.07, 6.45) is 5.28. The molecule has 1 aromatic carbocycles. The zero-order chi connectivity index (χ0) is 25.1. The zero-order valence-corrected chi connectivity index (χ0v) is 19.8. The first-order valence-corrected chi connectivity index (χ1v) is 12.1. The first-order valence-electron chi connectivity index (χ1n) is 11.2. The minimum Gasteiger partial charge on any atom is -0.367 e. The molecule has 0 atom stereocenters. The molecular weight excluding hydrogens is 482 g/mol. The number of rotatable bonds is 5. The number of anilines is 1. The molecule has 1 saturated heterocycles. The van der Waals surface area contributed by atoms with Crippen LogP contribution < -0.4 is 4.90 Å². The van der Waals surface area contributed by atoms with Crippen molar-refractivity contribution in [1.82, 2.24) is 14.9 Å². The molecule has 0 radical (unpaired) electrons. The highest BCUT2D eigenvalue weighted by Gasteiger charge is 2.28. The molecule has 0 bridgehead atoms. The fourth-order valence-corrected chi connectivity index (χ4v) is 5.14. The van der Waals surface area contributed by atoms with Gasteiger partial charge in [-0.05, 0) is 40.8 Å². The molecule has 36 heavy (non-hydrogen) atoms. The van der Waals surface area contributed by atoms with Gasteiger partial charge >= 0.3 is 0 Å². The Hall–Kier alpha value is -4.48. The Kier molecular flexibility index (Phi) is 6.48. The second-order valence-corrected chi connectivity index (χ2v) is 8.94. The maximum Gasteiger partial charge on any atom is 0.257 e. The summed E-state index contributed by atoms with van der Waals surface area (Å²) in [4.78, 5) is 56.6. The van der Waals surface area contributed by atoms with Gasteiger partial charge in [0.05, 0.1) is 5.56 Å². The average molecular weight is 502 g/mol. The number of hydrogen-bond acceptors (Lipinski definition) is 9. The summed E-state index contributed by atoms with van der Waals surface area (Å²) in [5.74, 6) is -0.593. The van der Waals surface area contributed by atoms with Crippen LogP contribution in [0.4, 0.5) is 11.5 Å². The molecule has 2 aliphatic rings. The number of hydrogen-bond donors (Lipinski definition) is 0. The minimum absolute atomic E-state index is 0.00755. The number of fused-ring (bicyclic) bond motifs is 1. The predicted octanol–water partition coefficient (Wildman–Crippen LogP) is 4.71. The maximum atomic E-state index is 13.5. The molecule has 0 spiro atoms. The zero-order valence-electron chi connectivity index (χ0n) is 18.9. The van der Waals surface area contributed by atoms with Crippen molar-refractivity contribution in [3.63, 3.8) is 0 Å². The molecule has 0 unspecified atom stereocenters. The molecule has 0 aliphatic carbocycles. The number of allylic oxidation sites excluding steroid dienone is 1. The SMILES string of the molecule is [N-]=[N+]=NC(=O)c1ccccc1N1CCN(C(=O)c2csc3c(N=O)nc(C4=CCCC=N4)nc23)CC1. The molecule has 3 aromatic rings. The monoisotopic (exact) mass is 501 g/mol. The van der Waals surface area contributed by atoms with Gasteiger partial charge < -0.3 is 9.80 Å². The van der Waals surface area contributed by atoms with Crippen LogP contribution in [0.2, 0.25) is 0 Å². The van der Waals surface area contributed by atoms with Crippen molar-refractivity contribution in [2.75, 3.05) is 31.1 Å². The van der Waals surface area contributed by atoms with Gasteiger partial charge in [0.25, 0.3) is 11.8 Å². The largest absolute Gasteiger partial charge is 0.367 e. The van der Waals surface area contributed by atoms with Crippen molar-refractivity contribution in [2.45, 2.75) is 12.8 Å². The number of azide groups is 1. The van der Waals surface area contributed by atoms with Gasteiger partial charge in [0.1, 0.15) is 15.9 Å². The fourth-order valence-electron chi connectivity index (χ4n) is 4.24. The molecule has 1 fully saturated rings. The van der Waals surface area contributed by atoms with Crippen LogP contribution in [0.3, 0.4) is 0 Å². The van der Waals surface area contributed by atoms with E-state index in [9.17, 15) is 14.5 Å². The Labute approximate surface area is 208 Å². The van der Waals surface area contributed by atoms with Gasteiger partial charge in [0.15, 0.2) is 5.82 Å². The number of benzene rings is 1. The van der Waals surface area contributed by atoms with Crippen molar-refractivity contribution >= 4 is 56.8 Å². The number of nitrogens with zero attached hydrogens (tertiary/aromatic N) is 9. The summed E-state index contributed by atoms with van der Waals surface area (Å²) in [6.45, 7) is 1.79. The summed E-state index contributed by atoms with van der Waals surface area (Å²) in [5, 5.41) is 7.95. The minimum atomic E-state index is -0.649. The van der Waals surface area contributed by atoms with E-state index in [0.717, 1.165) is 12.8 Å². The molecule has 12 nitrogen and oxygen atoms in total. The third kappa shape index (κ3) is 4.32. The molecule has 0 N–H and O–H groups in total. The molecule has 0 saturated carbocycles. The van der Waals surface area contributed by atoms with E-state index in [0.29, 0.717) is 58.9 Å². The van der Waals surface area contributed by atoms with Crippen LogP contribution in [0.25, 0.3) is 26.4 Å². The number of carbonyl (C=O) groups is 2. The van der Waals surface area contributed by atoms with Crippen LogP contribution in [0.5, 0.6) is 0 Å². The molecule has 2 aromatic heterocycles. The van der Waals surface area contributed by atoms with Crippen LogP contribution in [-0.4, -0.2) is 59.1 Å². The number of carbonyl (C=O) groups excluding carboxylic acids is 2. The molecule has 13 heteroatoms. The topological polar surface area (TPSA) is 157 Å². The smallest absolute Gasteiger partial charge is 0.257 e. The van der Waals surface area contributed by atoms with Gasteiger partial charge in [-0.25, -0.2) is 9.97 Å². The summed E-state index contributed by atoms with van der Waals surface area (Å²) in [7, 11) is 0. The van der Waals surface area contributed by atoms with Gasteiger partial charge in [-0.2, -0.15) is 0 Å². The van der Waals surface area contributed by atoms with Crippen LogP contribution >= 0.6 is 11.3 Å². The van der Waals surface area contributed by atoms with E-state index in [1.54, 1.807) is 40.8 Å². The van der Waals surface area contributed by atoms with Crippen molar-refractivity contribution in [2.24, 2.45) is 15.3 Å². The number of piperazine rings is 1. The molecule has 180 valence electrons. The molecular formula is C23H19N9O3S. The van der Waals surface area contributed by atoms with E-state index in [1.807, 2.05) is 11.0 Å². The van der Waals surface area contributed by atoms with Crippen LogP contribution in [0.1, 0.15) is 39.4 Å². The third-order valence-corrected chi connectivity index (χ3v) is 6.95. The lowest BCUT2D eigenvalue weighted by atomic mass is 10.1. The number of nitroso groups, excluding NO2 is 1. The summed E-state index contributed by atoms with van der Waals surface area (Å²) < 4.78 is 0.460. The average Bonchev–Trinajstić information content (AvgIpc) is 3.37. The van der Waals surface area contributed by atoms with E-state index >= 15 is 0 Å². The quantitative estimate of drug-likeness (QED) is 0.213. The standard InChI is InChI=1S/C23H19N9O3S/c24-30-28-22(33)14-5-1-2-7-17(14)31-9-11-32(12-10-31)23(34)15-13-36-19-18(15)26-20(27-21(19)29-35)16-6-3-4-8-25-16/h1-2,5-8,13H,3-4,9-12H2. The Morgan fingerprint density at radius 3 is 2.58 bits per heavy atom. The van der Waals surface area contributed by atoms with E-state index in [4.69, 9.17) is 5.53 Å². The Morgan fingerprint density at radius 2 is 1.86 bits per heavy atom. The van der Waals surface area contributed by atoms with Gasteiger partial charge in [-0.1, -0.05) is 18.2 Å². The summed E-state index contributed by atoms with van der Waals surface area (Å²) in [5.41, 5.74) is 10.9. The second-order valence-electron chi connectivity index (χ2n) is 8.06. The van der Waals surface area contributed by atoms with E-state index in [2.05, 4.69) is 30.2 Å². The Morgan fingerprint density at radius 1 is 1.06 bits per heavy atom. The first-order chi connectivity index (χ1) is 17.6. The van der Waals surface area contributed by atoms with Gasteiger partial charge in [0.2, 0.25) is 5.82 Å². The normalized spacial score (nSPS) is 15.4. The van der Waals surface area contributed by atoms with Crippen LogP contribution in [0.15, 0.2) is 51.0 Å². The highest BCUT2D eigenvalue weighted by Crippen LogP contribution is 2.34. The lowest BCUT2D eigenvalue weighted by molar-refractivity contribution is 0.0748. The van der Waals surface area contributed by atoms with Gasteiger partial charge in [0, 0.05) is 53.9 Å².